The van der Waals surface area contributed by atoms with Crippen molar-refractivity contribution in [1.29, 1.82) is 0 Å². The van der Waals surface area contributed by atoms with Crippen LogP contribution in [0, 0.1) is 5.92 Å². The molecular weight excluding hydrogens is 336 g/mol. The molecule has 4 rings (SSSR count). The summed E-state index contributed by atoms with van der Waals surface area (Å²) in [5.74, 6) is 1.23. The van der Waals surface area contributed by atoms with Crippen molar-refractivity contribution in [2.45, 2.75) is 19.4 Å². The van der Waals surface area contributed by atoms with Crippen LogP contribution in [0.4, 0.5) is 0 Å². The monoisotopic (exact) mass is 360 g/mol. The second-order valence-electron chi connectivity index (χ2n) is 7.00. The third-order valence-corrected chi connectivity index (χ3v) is 5.01. The van der Waals surface area contributed by atoms with Crippen LogP contribution in [0.5, 0.6) is 5.88 Å². The summed E-state index contributed by atoms with van der Waals surface area (Å²) in [5, 5.41) is 0. The van der Waals surface area contributed by atoms with E-state index >= 15 is 0 Å². The molecule has 5 nitrogen and oxygen atoms in total. The molecule has 0 saturated carbocycles. The van der Waals surface area contributed by atoms with Crippen LogP contribution in [-0.4, -0.2) is 39.5 Å². The fraction of sp³-hybridized carbons (Fsp3) is 0.318. The first-order chi connectivity index (χ1) is 13.4. The van der Waals surface area contributed by atoms with Crippen LogP contribution in [0.3, 0.4) is 0 Å². The van der Waals surface area contributed by atoms with Crippen molar-refractivity contribution in [3.63, 3.8) is 0 Å². The van der Waals surface area contributed by atoms with E-state index in [4.69, 9.17) is 4.74 Å². The van der Waals surface area contributed by atoms with Crippen LogP contribution in [0.15, 0.2) is 67.3 Å². The molecule has 1 saturated heterocycles. The first-order valence-corrected chi connectivity index (χ1v) is 9.48. The van der Waals surface area contributed by atoms with Crippen molar-refractivity contribution < 1.29 is 4.74 Å². The van der Waals surface area contributed by atoms with Gasteiger partial charge in [0.2, 0.25) is 5.88 Å². The van der Waals surface area contributed by atoms with Gasteiger partial charge in [0.1, 0.15) is 6.33 Å². The molecule has 3 aromatic rings. The Balaban J connectivity index is 1.27. The zero-order valence-electron chi connectivity index (χ0n) is 15.4. The van der Waals surface area contributed by atoms with Crippen LogP contribution < -0.4 is 4.74 Å². The second kappa shape index (κ2) is 8.73. The van der Waals surface area contributed by atoms with Gasteiger partial charge in [-0.2, -0.15) is 0 Å². The van der Waals surface area contributed by atoms with Crippen molar-refractivity contribution in [2.75, 3.05) is 19.7 Å². The number of piperidine rings is 1. The molecule has 0 unspecified atom stereocenters. The maximum Gasteiger partial charge on any atom is 0.216 e. The van der Waals surface area contributed by atoms with Crippen LogP contribution in [0.1, 0.15) is 18.4 Å². The SMILES string of the molecule is c1ccc(-c2cc(OCC3CCN(Cc4cccnc4)CC3)ncn2)cc1. The summed E-state index contributed by atoms with van der Waals surface area (Å²) in [6.07, 6.45) is 7.65. The molecule has 0 aliphatic carbocycles. The number of aromatic nitrogens is 3. The van der Waals surface area contributed by atoms with Crippen molar-refractivity contribution in [3.8, 4) is 17.1 Å². The molecule has 0 atom stereocenters. The highest BCUT2D eigenvalue weighted by molar-refractivity contribution is 5.59. The van der Waals surface area contributed by atoms with Crippen LogP contribution >= 0.6 is 0 Å². The molecule has 0 N–H and O–H groups in total. The minimum atomic E-state index is 0.574. The van der Waals surface area contributed by atoms with E-state index in [9.17, 15) is 0 Å². The van der Waals surface area contributed by atoms with Gasteiger partial charge in [-0.15, -0.1) is 0 Å². The molecule has 2 aromatic heterocycles. The molecule has 0 bridgehead atoms. The summed E-state index contributed by atoms with van der Waals surface area (Å²) in [5.41, 5.74) is 3.25. The Labute approximate surface area is 160 Å². The fourth-order valence-corrected chi connectivity index (χ4v) is 3.45. The summed E-state index contributed by atoms with van der Waals surface area (Å²) in [6, 6.07) is 16.2. The Kier molecular flexibility index (Phi) is 5.70. The Morgan fingerprint density at radius 2 is 1.85 bits per heavy atom. The molecule has 1 fully saturated rings. The van der Waals surface area contributed by atoms with Crippen molar-refractivity contribution in [2.24, 2.45) is 5.92 Å². The smallest absolute Gasteiger partial charge is 0.216 e. The van der Waals surface area contributed by atoms with E-state index in [1.807, 2.05) is 54.9 Å². The molecule has 1 aromatic carbocycles. The van der Waals surface area contributed by atoms with E-state index < -0.39 is 0 Å². The summed E-state index contributed by atoms with van der Waals surface area (Å²) in [6.45, 7) is 3.89. The highest BCUT2D eigenvalue weighted by Crippen LogP contribution is 2.22. The van der Waals surface area contributed by atoms with E-state index in [2.05, 4.69) is 25.9 Å². The van der Waals surface area contributed by atoms with Gasteiger partial charge in [0.05, 0.1) is 12.3 Å². The van der Waals surface area contributed by atoms with Crippen LogP contribution in [0.25, 0.3) is 11.3 Å². The molecule has 5 heteroatoms. The largest absolute Gasteiger partial charge is 0.477 e. The van der Waals surface area contributed by atoms with E-state index in [1.54, 1.807) is 6.33 Å². The lowest BCUT2D eigenvalue weighted by Gasteiger charge is -2.31. The lowest BCUT2D eigenvalue weighted by Crippen LogP contribution is -2.35. The summed E-state index contributed by atoms with van der Waals surface area (Å²) < 4.78 is 5.98. The predicted octanol–water partition coefficient (Wildman–Crippen LogP) is 3.83. The van der Waals surface area contributed by atoms with Gasteiger partial charge in [-0.25, -0.2) is 9.97 Å². The summed E-state index contributed by atoms with van der Waals surface area (Å²) in [4.78, 5) is 15.3. The molecule has 27 heavy (non-hydrogen) atoms. The van der Waals surface area contributed by atoms with Crippen molar-refractivity contribution >= 4 is 0 Å². The number of rotatable bonds is 6. The molecule has 1 aliphatic rings. The van der Waals surface area contributed by atoms with Gasteiger partial charge in [-0.05, 0) is 43.5 Å². The quantitative estimate of drug-likeness (QED) is 0.669. The van der Waals surface area contributed by atoms with Crippen molar-refractivity contribution in [3.05, 3.63) is 72.8 Å². The number of hydrogen-bond acceptors (Lipinski definition) is 5. The van der Waals surface area contributed by atoms with Crippen LogP contribution in [0.2, 0.25) is 0 Å². The fourth-order valence-electron chi connectivity index (χ4n) is 3.45. The zero-order chi connectivity index (χ0) is 18.3. The average molecular weight is 360 g/mol. The van der Waals surface area contributed by atoms with E-state index in [0.717, 1.165) is 43.7 Å². The van der Waals surface area contributed by atoms with Crippen LogP contribution in [-0.2, 0) is 6.54 Å². The lowest BCUT2D eigenvalue weighted by molar-refractivity contribution is 0.134. The van der Waals surface area contributed by atoms with E-state index in [0.29, 0.717) is 18.4 Å². The predicted molar refractivity (Wildman–Crippen MR) is 105 cm³/mol. The Morgan fingerprint density at radius 3 is 2.63 bits per heavy atom. The molecule has 0 spiro atoms. The maximum atomic E-state index is 5.98. The number of likely N-dealkylation sites (tertiary alicyclic amines) is 1. The van der Waals surface area contributed by atoms with Gasteiger partial charge >= 0.3 is 0 Å². The molecular formula is C22H24N4O. The van der Waals surface area contributed by atoms with Gasteiger partial charge in [0, 0.05) is 30.6 Å². The molecule has 138 valence electrons. The van der Waals surface area contributed by atoms with Gasteiger partial charge in [-0.1, -0.05) is 36.4 Å². The first-order valence-electron chi connectivity index (χ1n) is 9.48. The number of nitrogens with zero attached hydrogens (tertiary/aromatic N) is 4. The van der Waals surface area contributed by atoms with Gasteiger partial charge in [-0.3, -0.25) is 9.88 Å². The normalized spacial score (nSPS) is 15.6. The Bertz CT molecular complexity index is 833. The first kappa shape index (κ1) is 17.6. The Hall–Kier alpha value is -2.79. The zero-order valence-corrected chi connectivity index (χ0v) is 15.4. The third kappa shape index (κ3) is 4.89. The lowest BCUT2D eigenvalue weighted by atomic mass is 9.97. The van der Waals surface area contributed by atoms with Gasteiger partial charge < -0.3 is 4.74 Å². The molecule has 1 aliphatic heterocycles. The standard InChI is InChI=1S/C22H24N4O/c1-2-6-20(7-3-1)21-13-22(25-17-24-21)27-16-18-8-11-26(12-9-18)15-19-5-4-10-23-14-19/h1-7,10,13-14,17-18H,8-9,11-12,15-16H2. The number of benzene rings is 1. The number of ether oxygens (including phenoxy) is 1. The topological polar surface area (TPSA) is 51.1 Å². The Morgan fingerprint density at radius 1 is 1.00 bits per heavy atom. The molecule has 0 radical (unpaired) electrons. The van der Waals surface area contributed by atoms with Gasteiger partial charge in [0.25, 0.3) is 0 Å². The number of pyridine rings is 1. The number of hydrogen-bond donors (Lipinski definition) is 0. The maximum absolute atomic E-state index is 5.98. The second-order valence-corrected chi connectivity index (χ2v) is 7.00. The minimum Gasteiger partial charge on any atom is -0.477 e. The highest BCUT2D eigenvalue weighted by Gasteiger charge is 2.20. The summed E-state index contributed by atoms with van der Waals surface area (Å²) in [7, 11) is 0. The third-order valence-electron chi connectivity index (χ3n) is 5.01. The minimum absolute atomic E-state index is 0.574. The summed E-state index contributed by atoms with van der Waals surface area (Å²) >= 11 is 0. The van der Waals surface area contributed by atoms with Gasteiger partial charge in [0.15, 0.2) is 0 Å². The molecule has 3 heterocycles. The highest BCUT2D eigenvalue weighted by atomic mass is 16.5. The van der Waals surface area contributed by atoms with Crippen molar-refractivity contribution in [1.82, 2.24) is 19.9 Å². The van der Waals surface area contributed by atoms with E-state index in [1.165, 1.54) is 5.56 Å². The van der Waals surface area contributed by atoms with E-state index in [-0.39, 0.29) is 0 Å². The molecule has 0 amide bonds. The average Bonchev–Trinajstić information content (AvgIpc) is 2.75.